The van der Waals surface area contributed by atoms with Crippen LogP contribution in [0.1, 0.15) is 23.8 Å². The number of furan rings is 1. The number of carbonyl (C=O) groups excluding carboxylic acids is 1. The molecule has 0 N–H and O–H groups in total. The highest BCUT2D eigenvalue weighted by molar-refractivity contribution is 6.03. The van der Waals surface area contributed by atoms with Gasteiger partial charge in [0.1, 0.15) is 23.3 Å². The molecule has 2 aliphatic heterocycles. The van der Waals surface area contributed by atoms with Crippen molar-refractivity contribution in [2.24, 2.45) is 5.10 Å². The number of ether oxygens (including phenoxy) is 2. The molecule has 3 aromatic rings. The van der Waals surface area contributed by atoms with Crippen LogP contribution in [0.15, 0.2) is 76.4 Å². The van der Waals surface area contributed by atoms with Gasteiger partial charge in [-0.2, -0.15) is 5.10 Å². The molecule has 0 saturated carbocycles. The standard InChI is InChI=1S/C27H30N4O4/c1-33-22-10-8-20(9-11-22)24-18-25(26-7-4-16-35-26)31(28-24)27(32)19-29-12-14-30(15-13-29)21-5-3-6-23(17-21)34-2/h3-11,16-17,25H,12-15,18-19H2,1-2H3. The highest BCUT2D eigenvalue weighted by Crippen LogP contribution is 2.33. The minimum absolute atomic E-state index is 0.0234. The molecule has 35 heavy (non-hydrogen) atoms. The number of carbonyl (C=O) groups is 1. The summed E-state index contributed by atoms with van der Waals surface area (Å²) in [6.45, 7) is 3.63. The molecule has 0 radical (unpaired) electrons. The molecule has 1 fully saturated rings. The molecular weight excluding hydrogens is 444 g/mol. The number of nitrogens with zero attached hydrogens (tertiary/aromatic N) is 4. The highest BCUT2D eigenvalue weighted by Gasteiger charge is 2.35. The summed E-state index contributed by atoms with van der Waals surface area (Å²) in [5.74, 6) is 2.36. The minimum Gasteiger partial charge on any atom is -0.497 e. The lowest BCUT2D eigenvalue weighted by Crippen LogP contribution is -2.49. The van der Waals surface area contributed by atoms with E-state index in [2.05, 4.69) is 21.9 Å². The van der Waals surface area contributed by atoms with Gasteiger partial charge in [0.2, 0.25) is 0 Å². The number of hydrogen-bond donors (Lipinski definition) is 0. The summed E-state index contributed by atoms with van der Waals surface area (Å²) >= 11 is 0. The second-order valence-electron chi connectivity index (χ2n) is 8.71. The van der Waals surface area contributed by atoms with E-state index >= 15 is 0 Å². The fraction of sp³-hybridized carbons (Fsp3) is 0.333. The van der Waals surface area contributed by atoms with Gasteiger partial charge in [-0.1, -0.05) is 6.07 Å². The van der Waals surface area contributed by atoms with Crippen molar-refractivity contribution in [1.82, 2.24) is 9.91 Å². The number of hydrazone groups is 1. The molecule has 1 unspecified atom stereocenters. The van der Waals surface area contributed by atoms with Crippen molar-refractivity contribution in [2.45, 2.75) is 12.5 Å². The number of hydrogen-bond acceptors (Lipinski definition) is 7. The Morgan fingerprint density at radius 1 is 0.971 bits per heavy atom. The summed E-state index contributed by atoms with van der Waals surface area (Å²) in [5.41, 5.74) is 2.98. The van der Waals surface area contributed by atoms with E-state index < -0.39 is 0 Å². The Labute approximate surface area is 205 Å². The smallest absolute Gasteiger partial charge is 0.257 e. The fourth-order valence-corrected chi connectivity index (χ4v) is 4.64. The first-order chi connectivity index (χ1) is 17.1. The maximum absolute atomic E-state index is 13.4. The highest BCUT2D eigenvalue weighted by atomic mass is 16.5. The van der Waals surface area contributed by atoms with Gasteiger partial charge in [-0.3, -0.25) is 9.69 Å². The topological polar surface area (TPSA) is 70.8 Å². The average Bonchev–Trinajstić information content (AvgIpc) is 3.60. The minimum atomic E-state index is -0.243. The van der Waals surface area contributed by atoms with E-state index in [1.165, 1.54) is 0 Å². The molecule has 2 aromatic carbocycles. The summed E-state index contributed by atoms with van der Waals surface area (Å²) in [6, 6.07) is 19.4. The zero-order chi connectivity index (χ0) is 24.2. The Hall–Kier alpha value is -3.78. The van der Waals surface area contributed by atoms with Crippen LogP contribution in [0.25, 0.3) is 0 Å². The van der Waals surface area contributed by atoms with E-state index in [1.54, 1.807) is 25.5 Å². The molecule has 1 atom stereocenters. The van der Waals surface area contributed by atoms with Crippen LogP contribution in [0.4, 0.5) is 5.69 Å². The van der Waals surface area contributed by atoms with Crippen LogP contribution in [-0.2, 0) is 4.79 Å². The Morgan fingerprint density at radius 3 is 2.43 bits per heavy atom. The van der Waals surface area contributed by atoms with E-state index in [-0.39, 0.29) is 11.9 Å². The van der Waals surface area contributed by atoms with Crippen LogP contribution in [0.2, 0.25) is 0 Å². The molecule has 8 heteroatoms. The van der Waals surface area contributed by atoms with Crippen LogP contribution in [-0.4, -0.2) is 68.5 Å². The van der Waals surface area contributed by atoms with Crippen molar-refractivity contribution in [3.63, 3.8) is 0 Å². The zero-order valence-corrected chi connectivity index (χ0v) is 20.1. The molecule has 0 aliphatic carbocycles. The Balaban J connectivity index is 1.26. The Bertz CT molecular complexity index is 1170. The predicted molar refractivity (Wildman–Crippen MR) is 134 cm³/mol. The van der Waals surface area contributed by atoms with Crippen molar-refractivity contribution < 1.29 is 18.7 Å². The van der Waals surface area contributed by atoms with Crippen molar-refractivity contribution in [1.29, 1.82) is 0 Å². The van der Waals surface area contributed by atoms with Gasteiger partial charge in [0, 0.05) is 44.4 Å². The zero-order valence-electron chi connectivity index (χ0n) is 20.1. The van der Waals surface area contributed by atoms with Gasteiger partial charge in [-0.25, -0.2) is 5.01 Å². The number of rotatable bonds is 7. The third-order valence-electron chi connectivity index (χ3n) is 6.61. The third kappa shape index (κ3) is 5.02. The van der Waals surface area contributed by atoms with Crippen molar-refractivity contribution in [3.05, 3.63) is 78.3 Å². The first kappa shape index (κ1) is 23.0. The predicted octanol–water partition coefficient (Wildman–Crippen LogP) is 3.80. The molecule has 182 valence electrons. The largest absolute Gasteiger partial charge is 0.497 e. The van der Waals surface area contributed by atoms with E-state index in [0.29, 0.717) is 13.0 Å². The first-order valence-corrected chi connectivity index (χ1v) is 11.8. The lowest BCUT2D eigenvalue weighted by atomic mass is 10.0. The van der Waals surface area contributed by atoms with Gasteiger partial charge in [-0.05, 0) is 54.1 Å². The molecule has 0 spiro atoms. The van der Waals surface area contributed by atoms with Crippen LogP contribution >= 0.6 is 0 Å². The number of methoxy groups -OCH3 is 2. The number of piperazine rings is 1. The summed E-state index contributed by atoms with van der Waals surface area (Å²) in [5, 5.41) is 6.35. The molecule has 1 saturated heterocycles. The van der Waals surface area contributed by atoms with Gasteiger partial charge in [0.15, 0.2) is 0 Å². The second-order valence-corrected chi connectivity index (χ2v) is 8.71. The van der Waals surface area contributed by atoms with E-state index in [0.717, 1.165) is 60.4 Å². The lowest BCUT2D eigenvalue weighted by Gasteiger charge is -2.36. The van der Waals surface area contributed by atoms with E-state index in [9.17, 15) is 4.79 Å². The lowest BCUT2D eigenvalue weighted by molar-refractivity contribution is -0.134. The second kappa shape index (κ2) is 10.2. The molecule has 2 aliphatic rings. The van der Waals surface area contributed by atoms with Gasteiger partial charge < -0.3 is 18.8 Å². The molecular formula is C27H30N4O4. The maximum Gasteiger partial charge on any atom is 0.257 e. The normalized spacial score (nSPS) is 18.5. The SMILES string of the molecule is COc1ccc(C2=NN(C(=O)CN3CCN(c4cccc(OC)c4)CC3)C(c3ccco3)C2)cc1. The number of benzene rings is 2. The van der Waals surface area contributed by atoms with E-state index in [1.807, 2.05) is 48.5 Å². The summed E-state index contributed by atoms with van der Waals surface area (Å²) in [4.78, 5) is 17.9. The summed E-state index contributed by atoms with van der Waals surface area (Å²) < 4.78 is 16.3. The van der Waals surface area contributed by atoms with Crippen LogP contribution in [0, 0.1) is 0 Å². The molecule has 1 aromatic heterocycles. The molecule has 0 bridgehead atoms. The quantitative estimate of drug-likeness (QED) is 0.519. The van der Waals surface area contributed by atoms with Gasteiger partial charge in [-0.15, -0.1) is 0 Å². The first-order valence-electron chi connectivity index (χ1n) is 11.8. The maximum atomic E-state index is 13.4. The summed E-state index contributed by atoms with van der Waals surface area (Å²) in [7, 11) is 3.32. The molecule has 3 heterocycles. The van der Waals surface area contributed by atoms with E-state index in [4.69, 9.17) is 19.0 Å². The van der Waals surface area contributed by atoms with Gasteiger partial charge >= 0.3 is 0 Å². The molecule has 5 rings (SSSR count). The van der Waals surface area contributed by atoms with Crippen molar-refractivity contribution in [3.8, 4) is 11.5 Å². The number of anilines is 1. The summed E-state index contributed by atoms with van der Waals surface area (Å²) in [6.07, 6.45) is 2.25. The molecule has 8 nitrogen and oxygen atoms in total. The van der Waals surface area contributed by atoms with Crippen LogP contribution in [0.3, 0.4) is 0 Å². The van der Waals surface area contributed by atoms with Crippen LogP contribution < -0.4 is 14.4 Å². The Morgan fingerprint density at radius 2 is 1.74 bits per heavy atom. The average molecular weight is 475 g/mol. The van der Waals surface area contributed by atoms with Gasteiger partial charge in [0.05, 0.1) is 32.7 Å². The number of amides is 1. The van der Waals surface area contributed by atoms with Crippen molar-refractivity contribution in [2.75, 3.05) is 51.8 Å². The fourth-order valence-electron chi connectivity index (χ4n) is 4.64. The monoisotopic (exact) mass is 474 g/mol. The van der Waals surface area contributed by atoms with Gasteiger partial charge in [0.25, 0.3) is 5.91 Å². The third-order valence-corrected chi connectivity index (χ3v) is 6.61. The Kier molecular flexibility index (Phi) is 6.72. The van der Waals surface area contributed by atoms with Crippen molar-refractivity contribution >= 4 is 17.3 Å². The molecule has 1 amide bonds. The van der Waals surface area contributed by atoms with Crippen LogP contribution in [0.5, 0.6) is 11.5 Å².